The minimum Gasteiger partial charge on any atom is -0.215 e. The molecule has 2 aromatic rings. The van der Waals surface area contributed by atoms with E-state index >= 15 is 0 Å². The fourth-order valence-electron chi connectivity index (χ4n) is 3.02. The Morgan fingerprint density at radius 1 is 1.00 bits per heavy atom. The molecule has 122 valence electrons. The van der Waals surface area contributed by atoms with Crippen molar-refractivity contribution in [2.75, 3.05) is 0 Å². The van der Waals surface area contributed by atoms with Crippen LogP contribution in [-0.4, -0.2) is 8.42 Å². The Bertz CT molecular complexity index is 899. The van der Waals surface area contributed by atoms with Gasteiger partial charge in [-0.2, -0.15) is 5.26 Å². The van der Waals surface area contributed by atoms with Crippen LogP contribution >= 0.6 is 0 Å². The monoisotopic (exact) mass is 338 g/mol. The van der Waals surface area contributed by atoms with Gasteiger partial charge in [0.05, 0.1) is 4.90 Å². The highest BCUT2D eigenvalue weighted by atomic mass is 32.2. The molecule has 1 fully saturated rings. The number of hydrogen-bond acceptors (Lipinski definition) is 3. The maximum absolute atomic E-state index is 12.2. The van der Waals surface area contributed by atoms with Crippen molar-refractivity contribution in [1.29, 1.82) is 5.26 Å². The summed E-state index contributed by atoms with van der Waals surface area (Å²) < 4.78 is 26.2. The summed E-state index contributed by atoms with van der Waals surface area (Å²) in [4.78, 5) is 0.105. The molecule has 0 bridgehead atoms. The van der Waals surface area contributed by atoms with Crippen molar-refractivity contribution in [1.82, 2.24) is 4.72 Å². The molecular weight excluding hydrogens is 320 g/mol. The lowest BCUT2D eigenvalue weighted by molar-refractivity contribution is 0.591. The lowest BCUT2D eigenvalue weighted by atomic mass is 10.0. The van der Waals surface area contributed by atoms with Crippen LogP contribution in [0.4, 0.5) is 0 Å². The Morgan fingerprint density at radius 2 is 1.67 bits per heavy atom. The molecule has 1 saturated carbocycles. The van der Waals surface area contributed by atoms with Gasteiger partial charge in [0.2, 0.25) is 0 Å². The van der Waals surface area contributed by atoms with Gasteiger partial charge >= 0.3 is 0 Å². The van der Waals surface area contributed by atoms with Crippen molar-refractivity contribution in [2.45, 2.75) is 30.6 Å². The van der Waals surface area contributed by atoms with Gasteiger partial charge in [-0.3, -0.25) is 0 Å². The minimum absolute atomic E-state index is 0.105. The fraction of sp³-hybridized carbons (Fsp3) is 0.211. The number of rotatable bonds is 4. The summed E-state index contributed by atoms with van der Waals surface area (Å²) in [6, 6.07) is 14.5. The average Bonchev–Trinajstić information content (AvgIpc) is 3.09. The van der Waals surface area contributed by atoms with Crippen LogP contribution in [0.1, 0.15) is 31.2 Å². The summed E-state index contributed by atoms with van der Waals surface area (Å²) >= 11 is 0. The summed E-state index contributed by atoms with van der Waals surface area (Å²) in [6.45, 7) is 0. The van der Waals surface area contributed by atoms with Gasteiger partial charge in [0.25, 0.3) is 10.0 Å². The first-order valence-corrected chi connectivity index (χ1v) is 9.38. The van der Waals surface area contributed by atoms with E-state index in [1.807, 2.05) is 29.0 Å². The highest BCUT2D eigenvalue weighted by molar-refractivity contribution is 7.89. The Labute approximate surface area is 142 Å². The number of sulfonamides is 1. The molecule has 0 amide bonds. The van der Waals surface area contributed by atoms with Gasteiger partial charge in [0.15, 0.2) is 6.19 Å². The zero-order valence-corrected chi connectivity index (χ0v) is 14.0. The second-order valence-corrected chi connectivity index (χ2v) is 7.50. The van der Waals surface area contributed by atoms with Crippen LogP contribution in [0.25, 0.3) is 17.2 Å². The maximum atomic E-state index is 12.2. The van der Waals surface area contributed by atoms with Crippen molar-refractivity contribution in [3.8, 4) is 17.3 Å². The van der Waals surface area contributed by atoms with Crippen LogP contribution in [0, 0.1) is 11.5 Å². The third-order valence-corrected chi connectivity index (χ3v) is 5.49. The van der Waals surface area contributed by atoms with Crippen LogP contribution in [0.5, 0.6) is 0 Å². The third kappa shape index (κ3) is 3.50. The molecule has 4 nitrogen and oxygen atoms in total. The molecule has 1 N–H and O–H groups in total. The molecule has 0 aromatic heterocycles. The molecule has 0 aliphatic heterocycles. The van der Waals surface area contributed by atoms with Gasteiger partial charge in [-0.15, -0.1) is 0 Å². The Kier molecular flexibility index (Phi) is 4.68. The van der Waals surface area contributed by atoms with E-state index in [4.69, 9.17) is 5.26 Å². The van der Waals surface area contributed by atoms with E-state index in [1.165, 1.54) is 43.5 Å². The van der Waals surface area contributed by atoms with E-state index in [0.29, 0.717) is 5.56 Å². The molecule has 0 atom stereocenters. The number of nitrogens with one attached hydrogen (secondary N) is 1. The molecule has 0 radical (unpaired) electrons. The predicted octanol–water partition coefficient (Wildman–Crippen LogP) is 4.07. The predicted molar refractivity (Wildman–Crippen MR) is 94.3 cm³/mol. The van der Waals surface area contributed by atoms with Gasteiger partial charge in [-0.05, 0) is 42.9 Å². The third-order valence-electron chi connectivity index (χ3n) is 4.19. The Hall–Kier alpha value is -2.58. The van der Waals surface area contributed by atoms with E-state index in [-0.39, 0.29) is 4.90 Å². The number of nitriles is 1. The molecule has 24 heavy (non-hydrogen) atoms. The van der Waals surface area contributed by atoms with Crippen LogP contribution in [0.3, 0.4) is 0 Å². The van der Waals surface area contributed by atoms with Crippen molar-refractivity contribution in [3.63, 3.8) is 0 Å². The van der Waals surface area contributed by atoms with Gasteiger partial charge < -0.3 is 0 Å². The lowest BCUT2D eigenvalue weighted by Crippen LogP contribution is -2.18. The SMILES string of the molecule is N#CNS(=O)(=O)c1ccccc1-c1ccc(C=C2CCCC2)cc1. The fourth-order valence-corrected chi connectivity index (χ4v) is 3.99. The number of nitrogens with zero attached hydrogens (tertiary/aromatic N) is 1. The second kappa shape index (κ2) is 6.90. The van der Waals surface area contributed by atoms with Crippen LogP contribution in [-0.2, 0) is 10.0 Å². The van der Waals surface area contributed by atoms with E-state index < -0.39 is 10.0 Å². The summed E-state index contributed by atoms with van der Waals surface area (Å²) in [5.41, 5.74) is 4.00. The van der Waals surface area contributed by atoms with Gasteiger partial charge in [-0.25, -0.2) is 13.1 Å². The van der Waals surface area contributed by atoms with E-state index in [2.05, 4.69) is 6.08 Å². The maximum Gasteiger partial charge on any atom is 0.270 e. The Balaban J connectivity index is 1.96. The van der Waals surface area contributed by atoms with Gasteiger partial charge in [0.1, 0.15) is 0 Å². The molecule has 5 heteroatoms. The van der Waals surface area contributed by atoms with Crippen LogP contribution < -0.4 is 4.72 Å². The zero-order valence-electron chi connectivity index (χ0n) is 13.2. The summed E-state index contributed by atoms with van der Waals surface area (Å²) in [6.07, 6.45) is 8.58. The topological polar surface area (TPSA) is 70.0 Å². The van der Waals surface area contributed by atoms with Crippen molar-refractivity contribution in [2.24, 2.45) is 0 Å². The van der Waals surface area contributed by atoms with E-state index in [9.17, 15) is 8.42 Å². The first kappa shape index (κ1) is 16.3. The van der Waals surface area contributed by atoms with E-state index in [1.54, 1.807) is 18.2 Å². The molecule has 2 aromatic carbocycles. The first-order valence-electron chi connectivity index (χ1n) is 7.90. The van der Waals surface area contributed by atoms with Gasteiger partial charge in [0, 0.05) is 5.56 Å². The summed E-state index contributed by atoms with van der Waals surface area (Å²) in [5.74, 6) is 0. The van der Waals surface area contributed by atoms with Crippen molar-refractivity contribution >= 4 is 16.1 Å². The highest BCUT2D eigenvalue weighted by Crippen LogP contribution is 2.29. The molecule has 0 unspecified atom stereocenters. The molecular formula is C19H18N2O2S. The number of allylic oxidation sites excluding steroid dienone is 1. The molecule has 0 spiro atoms. The van der Waals surface area contributed by atoms with Crippen molar-refractivity contribution < 1.29 is 8.42 Å². The highest BCUT2D eigenvalue weighted by Gasteiger charge is 2.18. The number of hydrogen-bond donors (Lipinski definition) is 1. The molecule has 1 aliphatic carbocycles. The normalized spacial score (nSPS) is 14.2. The zero-order chi connectivity index (χ0) is 17.0. The minimum atomic E-state index is -3.84. The molecule has 0 heterocycles. The average molecular weight is 338 g/mol. The molecule has 0 saturated heterocycles. The van der Waals surface area contributed by atoms with Gasteiger partial charge in [-0.1, -0.05) is 54.1 Å². The van der Waals surface area contributed by atoms with Crippen LogP contribution in [0.2, 0.25) is 0 Å². The Morgan fingerprint density at radius 3 is 2.33 bits per heavy atom. The summed E-state index contributed by atoms with van der Waals surface area (Å²) in [5, 5.41) is 8.65. The van der Waals surface area contributed by atoms with Crippen molar-refractivity contribution in [3.05, 3.63) is 59.7 Å². The first-order chi connectivity index (χ1) is 11.6. The van der Waals surface area contributed by atoms with E-state index in [0.717, 1.165) is 11.1 Å². The molecule has 1 aliphatic rings. The van der Waals surface area contributed by atoms with Crippen LogP contribution in [0.15, 0.2) is 59.0 Å². The standard InChI is InChI=1S/C19H18N2O2S/c20-14-21-24(22,23)19-8-4-3-7-18(19)17-11-9-16(10-12-17)13-15-5-1-2-6-15/h3-4,7-13,21H,1-2,5-6H2. The largest absolute Gasteiger partial charge is 0.270 e. The quantitative estimate of drug-likeness (QED) is 0.675. The smallest absolute Gasteiger partial charge is 0.215 e. The number of benzene rings is 2. The lowest BCUT2D eigenvalue weighted by Gasteiger charge is -2.09. The second-order valence-electron chi connectivity index (χ2n) is 5.85. The summed E-state index contributed by atoms with van der Waals surface area (Å²) in [7, 11) is -3.84. The molecule has 3 rings (SSSR count).